The zero-order valence-corrected chi connectivity index (χ0v) is 21.3. The largest absolute Gasteiger partial charge is 0.459 e. The molecule has 0 aromatic carbocycles. The first kappa shape index (κ1) is 27.4. The molecule has 1 N–H and O–H groups in total. The lowest BCUT2D eigenvalue weighted by atomic mass is 9.91. The Labute approximate surface area is 210 Å². The number of ether oxygens (including phenoxy) is 3. The molecular weight excluding hydrogens is 440 g/mol. The number of hydrogen-bond donors (Lipinski definition) is 1. The van der Waals surface area contributed by atoms with Crippen molar-refractivity contribution < 1.29 is 24.1 Å². The van der Waals surface area contributed by atoms with E-state index in [0.29, 0.717) is 38.2 Å². The average Bonchev–Trinajstić information content (AvgIpc) is 2.78. The van der Waals surface area contributed by atoms with Gasteiger partial charge in [-0.1, -0.05) is 73.3 Å². The molecular formula is C30H42O5. The van der Waals surface area contributed by atoms with E-state index in [4.69, 9.17) is 14.2 Å². The summed E-state index contributed by atoms with van der Waals surface area (Å²) in [5, 5.41) is 10.5. The number of aliphatic hydroxyl groups is 1. The molecule has 0 unspecified atom stereocenters. The monoisotopic (exact) mass is 482 g/mol. The van der Waals surface area contributed by atoms with E-state index in [-0.39, 0.29) is 30.4 Å². The predicted molar refractivity (Wildman–Crippen MR) is 140 cm³/mol. The highest BCUT2D eigenvalue weighted by molar-refractivity contribution is 5.82. The summed E-state index contributed by atoms with van der Waals surface area (Å²) in [5.74, 6) is 0.0771. The van der Waals surface area contributed by atoms with Crippen LogP contribution in [-0.4, -0.2) is 48.2 Å². The van der Waals surface area contributed by atoms with Crippen LogP contribution >= 0.6 is 0 Å². The summed E-state index contributed by atoms with van der Waals surface area (Å²) in [4.78, 5) is 12.5. The fourth-order valence-corrected chi connectivity index (χ4v) is 4.85. The quantitative estimate of drug-likeness (QED) is 0.399. The number of esters is 1. The average molecular weight is 483 g/mol. The summed E-state index contributed by atoms with van der Waals surface area (Å²) in [6.07, 6.45) is 22.7. The minimum Gasteiger partial charge on any atom is -0.459 e. The molecule has 3 aliphatic rings. The van der Waals surface area contributed by atoms with Crippen LogP contribution in [0.25, 0.3) is 0 Å². The van der Waals surface area contributed by atoms with Gasteiger partial charge in [-0.25, -0.2) is 4.79 Å². The maximum absolute atomic E-state index is 12.5. The molecule has 2 bridgehead atoms. The van der Waals surface area contributed by atoms with Crippen LogP contribution in [0.1, 0.15) is 65.2 Å². The molecule has 0 radical (unpaired) electrons. The van der Waals surface area contributed by atoms with Crippen molar-refractivity contribution in [2.75, 3.05) is 6.61 Å². The Kier molecular flexibility index (Phi) is 11.2. The lowest BCUT2D eigenvalue weighted by molar-refractivity contribution is -0.142. The Morgan fingerprint density at radius 2 is 1.94 bits per heavy atom. The first-order chi connectivity index (χ1) is 16.9. The third kappa shape index (κ3) is 10.5. The SMILES string of the molecule is C=C1C[C@H](C)C[C@@H]2CC=C[C@@H](C/C=C/C(=O)O[C@H](C/C=C/[C@@H]3CC(C)=CCO3)C/C=C/[C@@H](O)C1)O2. The zero-order chi connectivity index (χ0) is 25.0. The number of carbonyl (C=O) groups excluding carboxylic acids is 1. The number of cyclic esters (lactones) is 1. The van der Waals surface area contributed by atoms with E-state index in [0.717, 1.165) is 31.3 Å². The summed E-state index contributed by atoms with van der Waals surface area (Å²) < 4.78 is 17.7. The molecule has 5 heteroatoms. The molecule has 0 aromatic rings. The van der Waals surface area contributed by atoms with Crippen molar-refractivity contribution in [2.45, 2.75) is 95.7 Å². The second-order valence-corrected chi connectivity index (χ2v) is 10.2. The van der Waals surface area contributed by atoms with Gasteiger partial charge in [-0.15, -0.1) is 0 Å². The maximum Gasteiger partial charge on any atom is 0.330 e. The molecule has 6 atom stereocenters. The Morgan fingerprint density at radius 3 is 2.77 bits per heavy atom. The fourth-order valence-electron chi connectivity index (χ4n) is 4.85. The van der Waals surface area contributed by atoms with Gasteiger partial charge >= 0.3 is 5.97 Å². The van der Waals surface area contributed by atoms with Crippen molar-refractivity contribution in [3.05, 3.63) is 72.4 Å². The molecule has 5 nitrogen and oxygen atoms in total. The Balaban J connectivity index is 1.65. The standard InChI is InChI=1S/C30H42O5/c1-22-16-17-33-28(20-22)13-5-11-27-9-4-8-25(31)19-23(2)18-24(3)21-29-14-6-10-26(34-29)12-7-15-30(32)35-27/h4-8,10,13,15-16,24-29,31H,2,9,11-12,14,17-21H2,1,3H3/b8-4+,13-5+,15-7+/t24-,25+,26-,27-,28+,29-/m0/s1. The van der Waals surface area contributed by atoms with Gasteiger partial charge in [-0.2, -0.15) is 0 Å². The zero-order valence-electron chi connectivity index (χ0n) is 21.3. The van der Waals surface area contributed by atoms with Gasteiger partial charge in [-0.05, 0) is 51.4 Å². The van der Waals surface area contributed by atoms with Crippen LogP contribution in [0.4, 0.5) is 0 Å². The molecule has 0 aromatic heterocycles. The molecule has 0 amide bonds. The summed E-state index contributed by atoms with van der Waals surface area (Å²) in [6, 6.07) is 0. The van der Waals surface area contributed by atoms with E-state index >= 15 is 0 Å². The van der Waals surface area contributed by atoms with E-state index in [2.05, 4.69) is 44.7 Å². The third-order valence-electron chi connectivity index (χ3n) is 6.59. The van der Waals surface area contributed by atoms with Crippen molar-refractivity contribution in [2.24, 2.45) is 5.92 Å². The number of carbonyl (C=O) groups is 1. The van der Waals surface area contributed by atoms with Gasteiger partial charge < -0.3 is 19.3 Å². The molecule has 192 valence electrons. The van der Waals surface area contributed by atoms with Crippen LogP contribution in [0.15, 0.2) is 72.4 Å². The first-order valence-electron chi connectivity index (χ1n) is 13.0. The van der Waals surface area contributed by atoms with Crippen LogP contribution in [-0.2, 0) is 19.0 Å². The van der Waals surface area contributed by atoms with Crippen molar-refractivity contribution in [3.63, 3.8) is 0 Å². The highest BCUT2D eigenvalue weighted by Crippen LogP contribution is 2.26. The predicted octanol–water partition coefficient (Wildman–Crippen LogP) is 5.92. The highest BCUT2D eigenvalue weighted by atomic mass is 16.5. The molecule has 3 aliphatic heterocycles. The first-order valence-corrected chi connectivity index (χ1v) is 13.0. The summed E-state index contributed by atoms with van der Waals surface area (Å²) in [5.41, 5.74) is 2.37. The molecule has 0 aliphatic carbocycles. The molecule has 3 rings (SSSR count). The number of rotatable bonds is 3. The van der Waals surface area contributed by atoms with Crippen LogP contribution in [0.3, 0.4) is 0 Å². The fraction of sp³-hybridized carbons (Fsp3) is 0.567. The normalized spacial score (nSPS) is 35.6. The molecule has 35 heavy (non-hydrogen) atoms. The van der Waals surface area contributed by atoms with Gasteiger partial charge in [0.2, 0.25) is 0 Å². The van der Waals surface area contributed by atoms with Crippen LogP contribution < -0.4 is 0 Å². The Bertz CT molecular complexity index is 849. The van der Waals surface area contributed by atoms with Gasteiger partial charge in [0.1, 0.15) is 6.10 Å². The van der Waals surface area contributed by atoms with Gasteiger partial charge in [0, 0.05) is 18.9 Å². The number of fused-ring (bicyclic) bond motifs is 2. The molecule has 0 saturated carbocycles. The van der Waals surface area contributed by atoms with Gasteiger partial charge in [-0.3, -0.25) is 0 Å². The van der Waals surface area contributed by atoms with Crippen molar-refractivity contribution in [1.82, 2.24) is 0 Å². The van der Waals surface area contributed by atoms with Gasteiger partial charge in [0.15, 0.2) is 0 Å². The third-order valence-corrected chi connectivity index (χ3v) is 6.59. The maximum atomic E-state index is 12.5. The van der Waals surface area contributed by atoms with Crippen molar-refractivity contribution in [1.29, 1.82) is 0 Å². The van der Waals surface area contributed by atoms with Crippen molar-refractivity contribution >= 4 is 5.97 Å². The van der Waals surface area contributed by atoms with Crippen molar-refractivity contribution in [3.8, 4) is 0 Å². The van der Waals surface area contributed by atoms with Crippen LogP contribution in [0.5, 0.6) is 0 Å². The van der Waals surface area contributed by atoms with E-state index < -0.39 is 6.10 Å². The minimum absolute atomic E-state index is 0.0245. The number of hydrogen-bond acceptors (Lipinski definition) is 5. The smallest absolute Gasteiger partial charge is 0.330 e. The lowest BCUT2D eigenvalue weighted by Crippen LogP contribution is -2.25. The van der Waals surface area contributed by atoms with Gasteiger partial charge in [0.05, 0.1) is 31.0 Å². The number of aliphatic hydroxyl groups excluding tert-OH is 1. The topological polar surface area (TPSA) is 65.0 Å². The lowest BCUT2D eigenvalue weighted by Gasteiger charge is -2.28. The summed E-state index contributed by atoms with van der Waals surface area (Å²) in [6.45, 7) is 9.15. The second kappa shape index (κ2) is 14.4. The van der Waals surface area contributed by atoms with Crippen LogP contribution in [0.2, 0.25) is 0 Å². The van der Waals surface area contributed by atoms with E-state index in [1.807, 2.05) is 18.2 Å². The highest BCUT2D eigenvalue weighted by Gasteiger charge is 2.21. The second-order valence-electron chi connectivity index (χ2n) is 10.2. The summed E-state index contributed by atoms with van der Waals surface area (Å²) in [7, 11) is 0. The molecule has 0 saturated heterocycles. The van der Waals surface area contributed by atoms with E-state index in [9.17, 15) is 9.90 Å². The molecule has 0 spiro atoms. The Morgan fingerprint density at radius 1 is 1.11 bits per heavy atom. The molecule has 3 heterocycles. The van der Waals surface area contributed by atoms with Crippen LogP contribution in [0, 0.1) is 5.92 Å². The summed E-state index contributed by atoms with van der Waals surface area (Å²) >= 11 is 0. The Hall–Kier alpha value is -2.21. The minimum atomic E-state index is -0.594. The molecule has 0 fully saturated rings. The van der Waals surface area contributed by atoms with E-state index in [1.165, 1.54) is 11.6 Å². The van der Waals surface area contributed by atoms with Gasteiger partial charge in [0.25, 0.3) is 0 Å². The van der Waals surface area contributed by atoms with E-state index in [1.54, 1.807) is 6.08 Å².